The first kappa shape index (κ1) is 12.8. The maximum absolute atomic E-state index is 5.68. The molecule has 1 heterocycles. The van der Waals surface area contributed by atoms with Gasteiger partial charge in [0.2, 0.25) is 5.13 Å². The number of anilines is 2. The Bertz CT molecular complexity index is 504. The van der Waals surface area contributed by atoms with Crippen molar-refractivity contribution < 1.29 is 0 Å². The van der Waals surface area contributed by atoms with Crippen molar-refractivity contribution in [1.29, 1.82) is 0 Å². The van der Waals surface area contributed by atoms with Crippen molar-refractivity contribution in [2.45, 2.75) is 19.3 Å². The number of hydrogen-bond acceptors (Lipinski definition) is 5. The maximum Gasteiger partial charge on any atom is 0.207 e. The molecule has 1 atom stereocenters. The van der Waals surface area contributed by atoms with Crippen LogP contribution < -0.4 is 10.6 Å². The number of rotatable bonds is 4. The minimum absolute atomic E-state index is 0.375. The molecule has 0 fully saturated rings. The summed E-state index contributed by atoms with van der Waals surface area (Å²) in [6, 6.07) is 8.01. The van der Waals surface area contributed by atoms with E-state index in [4.69, 9.17) is 5.73 Å². The molecule has 1 aromatic heterocycles. The van der Waals surface area contributed by atoms with Gasteiger partial charge in [-0.15, -0.1) is 10.2 Å². The summed E-state index contributed by atoms with van der Waals surface area (Å²) in [5.41, 5.74) is 7.76. The number of hydrogen-bond donors (Lipinski definition) is 1. The van der Waals surface area contributed by atoms with Gasteiger partial charge in [0.05, 0.1) is 0 Å². The Balaban J connectivity index is 2.06. The molecule has 0 saturated heterocycles. The Hall–Kier alpha value is -1.62. The van der Waals surface area contributed by atoms with Gasteiger partial charge < -0.3 is 10.6 Å². The first-order valence-corrected chi connectivity index (χ1v) is 6.73. The lowest BCUT2D eigenvalue weighted by molar-refractivity contribution is 0.737. The quantitative estimate of drug-likeness (QED) is 0.860. The standard InChI is InChI=1S/C13H18N4S/c1-9(8-10-4-6-11(14)7-5-10)12-15-16-13(18-12)17(2)3/h4-7,9H,8,14H2,1-3H3. The number of nitrogens with two attached hydrogens (primary N) is 1. The van der Waals surface area contributed by atoms with E-state index in [1.165, 1.54) is 5.56 Å². The van der Waals surface area contributed by atoms with Crippen molar-refractivity contribution in [1.82, 2.24) is 10.2 Å². The highest BCUT2D eigenvalue weighted by Gasteiger charge is 2.13. The zero-order valence-electron chi connectivity index (χ0n) is 10.9. The van der Waals surface area contributed by atoms with Crippen molar-refractivity contribution >= 4 is 22.2 Å². The van der Waals surface area contributed by atoms with Crippen LogP contribution in [0.5, 0.6) is 0 Å². The maximum atomic E-state index is 5.68. The second-order valence-electron chi connectivity index (χ2n) is 4.66. The lowest BCUT2D eigenvalue weighted by Gasteiger charge is -2.08. The summed E-state index contributed by atoms with van der Waals surface area (Å²) in [7, 11) is 3.96. The third kappa shape index (κ3) is 2.98. The van der Waals surface area contributed by atoms with Crippen molar-refractivity contribution in [3.05, 3.63) is 34.8 Å². The van der Waals surface area contributed by atoms with E-state index in [-0.39, 0.29) is 0 Å². The molecule has 2 N–H and O–H groups in total. The van der Waals surface area contributed by atoms with E-state index >= 15 is 0 Å². The van der Waals surface area contributed by atoms with Crippen LogP contribution >= 0.6 is 11.3 Å². The van der Waals surface area contributed by atoms with Crippen LogP contribution in [0.25, 0.3) is 0 Å². The molecule has 0 aliphatic heterocycles. The van der Waals surface area contributed by atoms with E-state index < -0.39 is 0 Å². The molecule has 0 radical (unpaired) electrons. The fraction of sp³-hybridized carbons (Fsp3) is 0.385. The van der Waals surface area contributed by atoms with Gasteiger partial charge in [-0.2, -0.15) is 0 Å². The third-order valence-electron chi connectivity index (χ3n) is 2.76. The van der Waals surface area contributed by atoms with Crippen LogP contribution in [0.15, 0.2) is 24.3 Å². The highest BCUT2D eigenvalue weighted by molar-refractivity contribution is 7.15. The van der Waals surface area contributed by atoms with E-state index in [1.807, 2.05) is 31.1 Å². The van der Waals surface area contributed by atoms with Crippen LogP contribution in [0.1, 0.15) is 23.4 Å². The van der Waals surface area contributed by atoms with Gasteiger partial charge in [0.25, 0.3) is 0 Å². The number of aromatic nitrogens is 2. The second kappa shape index (κ2) is 5.35. The van der Waals surface area contributed by atoms with Gasteiger partial charge in [0.15, 0.2) is 0 Å². The first-order chi connectivity index (χ1) is 8.56. The summed E-state index contributed by atoms with van der Waals surface area (Å²) in [4.78, 5) is 1.98. The van der Waals surface area contributed by atoms with Gasteiger partial charge in [-0.1, -0.05) is 30.4 Å². The summed E-state index contributed by atoms with van der Waals surface area (Å²) in [6.45, 7) is 2.18. The Morgan fingerprint density at radius 3 is 2.44 bits per heavy atom. The van der Waals surface area contributed by atoms with Gasteiger partial charge in [-0.3, -0.25) is 0 Å². The molecular weight excluding hydrogens is 244 g/mol. The summed E-state index contributed by atoms with van der Waals surface area (Å²) in [6.07, 6.45) is 0.961. The molecule has 5 heteroatoms. The average Bonchev–Trinajstić information content (AvgIpc) is 2.81. The zero-order valence-corrected chi connectivity index (χ0v) is 11.7. The largest absolute Gasteiger partial charge is 0.399 e. The van der Waals surface area contributed by atoms with Crippen molar-refractivity contribution in [3.8, 4) is 0 Å². The van der Waals surface area contributed by atoms with E-state index in [2.05, 4.69) is 29.3 Å². The Morgan fingerprint density at radius 1 is 1.22 bits per heavy atom. The normalized spacial score (nSPS) is 12.4. The molecule has 0 amide bonds. The van der Waals surface area contributed by atoms with Crippen LogP contribution in [0.3, 0.4) is 0 Å². The SMILES string of the molecule is CC(Cc1ccc(N)cc1)c1nnc(N(C)C)s1. The number of nitrogens with zero attached hydrogens (tertiary/aromatic N) is 3. The monoisotopic (exact) mass is 262 g/mol. The van der Waals surface area contributed by atoms with E-state index in [0.717, 1.165) is 22.2 Å². The van der Waals surface area contributed by atoms with Crippen LogP contribution in [0, 0.1) is 0 Å². The molecule has 2 rings (SSSR count). The van der Waals surface area contributed by atoms with Gasteiger partial charge in [0, 0.05) is 25.7 Å². The van der Waals surface area contributed by atoms with Crippen LogP contribution in [-0.2, 0) is 6.42 Å². The van der Waals surface area contributed by atoms with Crippen molar-refractivity contribution in [3.63, 3.8) is 0 Å². The van der Waals surface area contributed by atoms with Gasteiger partial charge in [-0.25, -0.2) is 0 Å². The number of nitrogen functional groups attached to an aromatic ring is 1. The molecule has 1 unspecified atom stereocenters. The molecule has 2 aromatic rings. The summed E-state index contributed by atoms with van der Waals surface area (Å²) >= 11 is 1.65. The fourth-order valence-electron chi connectivity index (χ4n) is 1.70. The molecule has 0 aliphatic rings. The van der Waals surface area contributed by atoms with Crippen LogP contribution in [0.4, 0.5) is 10.8 Å². The molecule has 0 spiro atoms. The molecule has 4 nitrogen and oxygen atoms in total. The van der Waals surface area contributed by atoms with Crippen molar-refractivity contribution in [2.75, 3.05) is 24.7 Å². The Morgan fingerprint density at radius 2 is 1.89 bits per heavy atom. The van der Waals surface area contributed by atoms with Crippen LogP contribution in [0.2, 0.25) is 0 Å². The molecule has 18 heavy (non-hydrogen) atoms. The minimum atomic E-state index is 0.375. The summed E-state index contributed by atoms with van der Waals surface area (Å²) in [5, 5.41) is 10.5. The van der Waals surface area contributed by atoms with E-state index in [9.17, 15) is 0 Å². The predicted octanol–water partition coefficient (Wildman–Crippen LogP) is 2.53. The summed E-state index contributed by atoms with van der Waals surface area (Å²) in [5.74, 6) is 0.375. The predicted molar refractivity (Wildman–Crippen MR) is 77.2 cm³/mol. The molecule has 0 bridgehead atoms. The van der Waals surface area contributed by atoms with Crippen molar-refractivity contribution in [2.24, 2.45) is 0 Å². The molecular formula is C13H18N4S. The van der Waals surface area contributed by atoms with E-state index in [0.29, 0.717) is 5.92 Å². The molecule has 0 aliphatic carbocycles. The lowest BCUT2D eigenvalue weighted by atomic mass is 10.0. The molecule has 96 valence electrons. The van der Waals surface area contributed by atoms with Crippen LogP contribution in [-0.4, -0.2) is 24.3 Å². The smallest absolute Gasteiger partial charge is 0.207 e. The van der Waals surface area contributed by atoms with Gasteiger partial charge in [0.1, 0.15) is 5.01 Å². The minimum Gasteiger partial charge on any atom is -0.399 e. The summed E-state index contributed by atoms with van der Waals surface area (Å²) < 4.78 is 0. The lowest BCUT2D eigenvalue weighted by Crippen LogP contribution is -2.07. The Labute approximate surface area is 111 Å². The average molecular weight is 262 g/mol. The first-order valence-electron chi connectivity index (χ1n) is 5.91. The van der Waals surface area contributed by atoms with Gasteiger partial charge in [-0.05, 0) is 24.1 Å². The topological polar surface area (TPSA) is 55.0 Å². The highest BCUT2D eigenvalue weighted by Crippen LogP contribution is 2.27. The molecule has 1 aromatic carbocycles. The van der Waals surface area contributed by atoms with Gasteiger partial charge >= 0.3 is 0 Å². The van der Waals surface area contributed by atoms with E-state index in [1.54, 1.807) is 11.3 Å². The highest BCUT2D eigenvalue weighted by atomic mass is 32.1. The number of benzene rings is 1. The molecule has 0 saturated carbocycles. The second-order valence-corrected chi connectivity index (χ2v) is 5.65. The Kier molecular flexibility index (Phi) is 3.81. The third-order valence-corrected chi connectivity index (χ3v) is 4.08. The zero-order chi connectivity index (χ0) is 13.1. The fourth-order valence-corrected chi connectivity index (χ4v) is 2.52.